The molecule has 3 nitrogen and oxygen atoms in total. The van der Waals surface area contributed by atoms with E-state index in [2.05, 4.69) is 21.2 Å². The van der Waals surface area contributed by atoms with Crippen molar-refractivity contribution in [1.29, 1.82) is 0 Å². The highest BCUT2D eigenvalue weighted by molar-refractivity contribution is 9.10. The molecule has 8 heteroatoms. The molecule has 0 bridgehead atoms. The van der Waals surface area contributed by atoms with E-state index in [1.165, 1.54) is 5.57 Å². The highest BCUT2D eigenvalue weighted by Crippen LogP contribution is 2.23. The van der Waals surface area contributed by atoms with E-state index in [1.807, 2.05) is 12.1 Å². The van der Waals surface area contributed by atoms with Crippen LogP contribution in [0.15, 0.2) is 22.2 Å². The molecule has 1 aromatic carbocycles. The number of aliphatic carboxylic acids is 1. The third-order valence-corrected chi connectivity index (χ3v) is 3.52. The van der Waals surface area contributed by atoms with Crippen LogP contribution in [0.4, 0.5) is 17.6 Å². The number of carboxylic acid groups (broad SMARTS) is 1. The van der Waals surface area contributed by atoms with Gasteiger partial charge in [0.15, 0.2) is 0 Å². The van der Waals surface area contributed by atoms with E-state index in [4.69, 9.17) is 9.90 Å². The highest BCUT2D eigenvalue weighted by Gasteiger charge is 2.38. The number of alkyl halides is 3. The largest absolute Gasteiger partial charge is 0.490 e. The van der Waals surface area contributed by atoms with Gasteiger partial charge in [-0.1, -0.05) is 28.1 Å². The first-order valence-corrected chi connectivity index (χ1v) is 6.57. The predicted molar refractivity (Wildman–Crippen MR) is 73.4 cm³/mol. The van der Waals surface area contributed by atoms with Crippen molar-refractivity contribution in [3.05, 3.63) is 39.1 Å². The summed E-state index contributed by atoms with van der Waals surface area (Å²) in [5.74, 6) is -2.88. The van der Waals surface area contributed by atoms with Crippen LogP contribution in [0, 0.1) is 12.7 Å². The normalized spacial score (nSPS) is 13.9. The average Bonchev–Trinajstić information content (AvgIpc) is 2.32. The standard InChI is InChI=1S/C11H11BrFN.C2HF3O2/c1-7-10(12)3-2-9(11(7)13)4-8-5-14-6-8;3-2(4,5)1(6)7/h2-4,14H,5-6H2,1H3;(H,6,7). The Balaban J connectivity index is 0.000000270. The van der Waals surface area contributed by atoms with Gasteiger partial charge in [-0.05, 0) is 24.1 Å². The number of rotatable bonds is 1. The van der Waals surface area contributed by atoms with Crippen LogP contribution >= 0.6 is 15.9 Å². The van der Waals surface area contributed by atoms with Crippen molar-refractivity contribution in [2.24, 2.45) is 0 Å². The fraction of sp³-hybridized carbons (Fsp3) is 0.308. The maximum atomic E-state index is 13.7. The van der Waals surface area contributed by atoms with Crippen molar-refractivity contribution in [3.63, 3.8) is 0 Å². The molecule has 0 aliphatic carbocycles. The third-order valence-electron chi connectivity index (χ3n) is 2.66. The zero-order chi connectivity index (χ0) is 16.2. The molecule has 0 radical (unpaired) electrons. The summed E-state index contributed by atoms with van der Waals surface area (Å²) in [6.07, 6.45) is -3.16. The monoisotopic (exact) mass is 369 g/mol. The topological polar surface area (TPSA) is 49.3 Å². The van der Waals surface area contributed by atoms with Gasteiger partial charge in [-0.2, -0.15) is 13.2 Å². The van der Waals surface area contributed by atoms with Crippen LogP contribution in [-0.4, -0.2) is 30.3 Å². The smallest absolute Gasteiger partial charge is 0.475 e. The predicted octanol–water partition coefficient (Wildman–Crippen LogP) is 3.52. The molecule has 0 atom stereocenters. The Morgan fingerprint density at radius 3 is 2.29 bits per heavy atom. The lowest BCUT2D eigenvalue weighted by molar-refractivity contribution is -0.192. The van der Waals surface area contributed by atoms with Gasteiger partial charge in [0.25, 0.3) is 0 Å². The number of nitrogens with one attached hydrogen (secondary N) is 1. The second kappa shape index (κ2) is 7.04. The highest BCUT2D eigenvalue weighted by atomic mass is 79.9. The second-order valence-electron chi connectivity index (χ2n) is 4.28. The van der Waals surface area contributed by atoms with Gasteiger partial charge in [0, 0.05) is 23.1 Å². The summed E-state index contributed by atoms with van der Waals surface area (Å²) in [6, 6.07) is 3.69. The van der Waals surface area contributed by atoms with Crippen molar-refractivity contribution in [2.75, 3.05) is 13.1 Å². The van der Waals surface area contributed by atoms with Gasteiger partial charge >= 0.3 is 12.1 Å². The Labute approximate surface area is 126 Å². The number of hydrogen-bond donors (Lipinski definition) is 2. The Hall–Kier alpha value is -1.41. The van der Waals surface area contributed by atoms with Crippen molar-refractivity contribution in [2.45, 2.75) is 13.1 Å². The molecular weight excluding hydrogens is 358 g/mol. The van der Waals surface area contributed by atoms with Crippen LogP contribution in [-0.2, 0) is 4.79 Å². The van der Waals surface area contributed by atoms with Crippen molar-refractivity contribution >= 4 is 28.0 Å². The molecule has 0 saturated carbocycles. The second-order valence-corrected chi connectivity index (χ2v) is 5.14. The molecule has 21 heavy (non-hydrogen) atoms. The summed E-state index contributed by atoms with van der Waals surface area (Å²) in [5, 5.41) is 10.3. The van der Waals surface area contributed by atoms with E-state index in [-0.39, 0.29) is 5.82 Å². The van der Waals surface area contributed by atoms with E-state index in [1.54, 1.807) is 13.0 Å². The third kappa shape index (κ3) is 5.13. The molecule has 1 saturated heterocycles. The van der Waals surface area contributed by atoms with Gasteiger partial charge in [0.2, 0.25) is 0 Å². The van der Waals surface area contributed by atoms with Crippen molar-refractivity contribution in [1.82, 2.24) is 5.32 Å². The first-order valence-electron chi connectivity index (χ1n) is 5.77. The minimum absolute atomic E-state index is 0.126. The Morgan fingerprint density at radius 1 is 1.38 bits per heavy atom. The molecule has 1 aliphatic rings. The molecule has 0 aromatic heterocycles. The van der Waals surface area contributed by atoms with Crippen LogP contribution in [0.3, 0.4) is 0 Å². The van der Waals surface area contributed by atoms with Gasteiger partial charge in [-0.25, -0.2) is 9.18 Å². The summed E-state index contributed by atoms with van der Waals surface area (Å²) in [6.45, 7) is 3.55. The van der Waals surface area contributed by atoms with Crippen LogP contribution in [0.25, 0.3) is 6.08 Å². The molecule has 0 spiro atoms. The van der Waals surface area contributed by atoms with Gasteiger partial charge in [0.1, 0.15) is 5.82 Å². The fourth-order valence-corrected chi connectivity index (χ4v) is 1.69. The molecule has 1 aliphatic heterocycles. The molecular formula is C13H12BrF4NO2. The number of halogens is 5. The van der Waals surface area contributed by atoms with Crippen LogP contribution in [0.1, 0.15) is 11.1 Å². The molecule has 1 fully saturated rings. The maximum Gasteiger partial charge on any atom is 0.490 e. The number of carboxylic acids is 1. The molecule has 116 valence electrons. The van der Waals surface area contributed by atoms with Crippen molar-refractivity contribution in [3.8, 4) is 0 Å². The number of benzene rings is 1. The number of carbonyl (C=O) groups is 1. The number of hydrogen-bond acceptors (Lipinski definition) is 2. The lowest BCUT2D eigenvalue weighted by Gasteiger charge is -2.18. The van der Waals surface area contributed by atoms with Gasteiger partial charge in [-0.3, -0.25) is 0 Å². The molecule has 2 rings (SSSR count). The first-order chi connectivity index (χ1) is 9.62. The fourth-order valence-electron chi connectivity index (χ4n) is 1.39. The summed E-state index contributed by atoms with van der Waals surface area (Å²) in [7, 11) is 0. The van der Waals surface area contributed by atoms with Gasteiger partial charge in [0.05, 0.1) is 0 Å². The molecule has 1 heterocycles. The molecule has 0 unspecified atom stereocenters. The Bertz CT molecular complexity index is 564. The van der Waals surface area contributed by atoms with E-state index in [9.17, 15) is 17.6 Å². The molecule has 2 N–H and O–H groups in total. The molecule has 0 amide bonds. The van der Waals surface area contributed by atoms with Crippen LogP contribution in [0.5, 0.6) is 0 Å². The summed E-state index contributed by atoms with van der Waals surface area (Å²) in [4.78, 5) is 8.90. The van der Waals surface area contributed by atoms with E-state index < -0.39 is 12.1 Å². The Morgan fingerprint density at radius 2 is 1.90 bits per heavy atom. The van der Waals surface area contributed by atoms with Gasteiger partial charge in [-0.15, -0.1) is 0 Å². The van der Waals surface area contributed by atoms with Crippen molar-refractivity contribution < 1.29 is 27.5 Å². The minimum Gasteiger partial charge on any atom is -0.475 e. The SMILES string of the molecule is Cc1c(Br)ccc(C=C2CNC2)c1F.O=C(O)C(F)(F)F. The van der Waals surface area contributed by atoms with E-state index in [0.717, 1.165) is 17.6 Å². The summed E-state index contributed by atoms with van der Waals surface area (Å²) >= 11 is 3.30. The van der Waals surface area contributed by atoms with Crippen LogP contribution < -0.4 is 5.32 Å². The lowest BCUT2D eigenvalue weighted by atomic mass is 10.0. The quantitative estimate of drug-likeness (QED) is 0.744. The average molecular weight is 370 g/mol. The Kier molecular flexibility index (Phi) is 5.91. The minimum atomic E-state index is -5.08. The van der Waals surface area contributed by atoms with E-state index >= 15 is 0 Å². The zero-order valence-electron chi connectivity index (χ0n) is 10.9. The summed E-state index contributed by atoms with van der Waals surface area (Å²) < 4.78 is 46.2. The first kappa shape index (κ1) is 17.6. The lowest BCUT2D eigenvalue weighted by Crippen LogP contribution is -2.33. The maximum absolute atomic E-state index is 13.7. The van der Waals surface area contributed by atoms with E-state index in [0.29, 0.717) is 11.1 Å². The zero-order valence-corrected chi connectivity index (χ0v) is 12.5. The molecule has 1 aromatic rings. The van der Waals surface area contributed by atoms with Crippen LogP contribution in [0.2, 0.25) is 0 Å². The van der Waals surface area contributed by atoms with Gasteiger partial charge < -0.3 is 10.4 Å². The summed E-state index contributed by atoms with van der Waals surface area (Å²) in [5.41, 5.74) is 2.61.